The first-order valence-corrected chi connectivity index (χ1v) is 10.6. The van der Waals surface area contributed by atoms with Crippen LogP contribution in [0.2, 0.25) is 5.02 Å². The van der Waals surface area contributed by atoms with E-state index >= 15 is 0 Å². The highest BCUT2D eigenvalue weighted by Crippen LogP contribution is 2.33. The third-order valence-corrected chi connectivity index (χ3v) is 5.46. The van der Waals surface area contributed by atoms with Crippen LogP contribution in [0.15, 0.2) is 66.7 Å². The molecule has 0 aliphatic carbocycles. The number of fused-ring (bicyclic) bond motifs is 1. The van der Waals surface area contributed by atoms with Crippen molar-refractivity contribution in [2.45, 2.75) is 13.8 Å². The van der Waals surface area contributed by atoms with Crippen molar-refractivity contribution < 1.29 is 14.5 Å². The molecule has 166 valence electrons. The van der Waals surface area contributed by atoms with Gasteiger partial charge in [0.1, 0.15) is 11.4 Å². The molecule has 0 bridgehead atoms. The van der Waals surface area contributed by atoms with Crippen molar-refractivity contribution >= 4 is 39.8 Å². The lowest BCUT2D eigenvalue weighted by Crippen LogP contribution is -2.16. The van der Waals surface area contributed by atoms with E-state index < -0.39 is 10.8 Å². The molecule has 4 aromatic rings. The first-order chi connectivity index (χ1) is 15.9. The largest absolute Gasteiger partial charge is 0.494 e. The van der Waals surface area contributed by atoms with Gasteiger partial charge in [0.15, 0.2) is 0 Å². The topological polar surface area (TPSA) is 94.4 Å². The first kappa shape index (κ1) is 22.2. The number of rotatable bonds is 6. The second-order valence-electron chi connectivity index (χ2n) is 7.31. The molecule has 1 amide bonds. The number of nitro benzene ring substituents is 1. The number of aromatic nitrogens is 1. The summed E-state index contributed by atoms with van der Waals surface area (Å²) in [5, 5.41) is 15.6. The number of carbonyl (C=O) groups excluding carboxylic acids is 1. The summed E-state index contributed by atoms with van der Waals surface area (Å²) in [6.07, 6.45) is 0. The van der Waals surface area contributed by atoms with Crippen molar-refractivity contribution in [3.63, 3.8) is 0 Å². The van der Waals surface area contributed by atoms with E-state index in [9.17, 15) is 14.9 Å². The van der Waals surface area contributed by atoms with Gasteiger partial charge in [-0.25, -0.2) is 4.98 Å². The normalized spacial score (nSPS) is 10.8. The summed E-state index contributed by atoms with van der Waals surface area (Å²) in [5.41, 5.74) is 2.97. The van der Waals surface area contributed by atoms with Crippen LogP contribution in [-0.4, -0.2) is 22.4 Å². The highest BCUT2D eigenvalue weighted by molar-refractivity contribution is 6.30. The lowest BCUT2D eigenvalue weighted by molar-refractivity contribution is -0.384. The third kappa shape index (κ3) is 4.49. The highest BCUT2D eigenvalue weighted by atomic mass is 35.5. The molecule has 0 spiro atoms. The number of carbonyl (C=O) groups is 1. The number of amides is 1. The lowest BCUT2D eigenvalue weighted by atomic mass is 9.97. The Labute approximate surface area is 195 Å². The zero-order chi connectivity index (χ0) is 23.5. The molecule has 0 aliphatic rings. The Balaban J connectivity index is 1.83. The molecule has 1 heterocycles. The van der Waals surface area contributed by atoms with Crippen LogP contribution in [0.4, 0.5) is 11.4 Å². The van der Waals surface area contributed by atoms with Crippen molar-refractivity contribution in [3.8, 4) is 17.0 Å². The number of nitro groups is 1. The van der Waals surface area contributed by atoms with Crippen LogP contribution >= 0.6 is 11.6 Å². The van der Waals surface area contributed by atoms with E-state index in [1.54, 1.807) is 25.1 Å². The molecule has 1 aromatic heterocycles. The van der Waals surface area contributed by atoms with Gasteiger partial charge in [0, 0.05) is 16.0 Å². The molecule has 33 heavy (non-hydrogen) atoms. The van der Waals surface area contributed by atoms with Crippen LogP contribution in [0, 0.1) is 17.0 Å². The molecule has 0 saturated carbocycles. The van der Waals surface area contributed by atoms with Gasteiger partial charge < -0.3 is 10.1 Å². The van der Waals surface area contributed by atoms with Crippen LogP contribution < -0.4 is 10.1 Å². The Morgan fingerprint density at radius 1 is 1.12 bits per heavy atom. The predicted octanol–water partition coefficient (Wildman–Crippen LogP) is 6.42. The van der Waals surface area contributed by atoms with Crippen molar-refractivity contribution in [2.75, 3.05) is 11.9 Å². The number of pyridine rings is 1. The molecular weight excluding hydrogens is 442 g/mol. The third-order valence-electron chi connectivity index (χ3n) is 5.21. The van der Waals surface area contributed by atoms with Crippen molar-refractivity contribution in [1.29, 1.82) is 0 Å². The van der Waals surface area contributed by atoms with E-state index in [0.717, 1.165) is 5.56 Å². The van der Waals surface area contributed by atoms with Crippen molar-refractivity contribution in [3.05, 3.63) is 93.0 Å². The molecule has 0 aliphatic heterocycles. The second-order valence-corrected chi connectivity index (χ2v) is 7.74. The number of nitrogens with one attached hydrogen (secondary N) is 1. The van der Waals surface area contributed by atoms with Gasteiger partial charge in [-0.1, -0.05) is 41.9 Å². The summed E-state index contributed by atoms with van der Waals surface area (Å²) in [7, 11) is 0. The van der Waals surface area contributed by atoms with Crippen LogP contribution in [0.25, 0.3) is 22.2 Å². The van der Waals surface area contributed by atoms with Gasteiger partial charge >= 0.3 is 0 Å². The van der Waals surface area contributed by atoms with Crippen molar-refractivity contribution in [1.82, 2.24) is 4.98 Å². The fourth-order valence-corrected chi connectivity index (χ4v) is 3.82. The number of para-hydroxylation sites is 1. The molecule has 0 atom stereocenters. The van der Waals surface area contributed by atoms with E-state index in [1.165, 1.54) is 12.1 Å². The van der Waals surface area contributed by atoms with E-state index in [4.69, 9.17) is 21.3 Å². The average Bonchev–Trinajstić information content (AvgIpc) is 2.80. The second kappa shape index (κ2) is 9.26. The average molecular weight is 462 g/mol. The summed E-state index contributed by atoms with van der Waals surface area (Å²) in [5.74, 6) is -0.105. The molecule has 0 radical (unpaired) electrons. The number of hydrogen-bond acceptors (Lipinski definition) is 5. The number of nitrogens with zero attached hydrogens (tertiary/aromatic N) is 2. The maximum absolute atomic E-state index is 13.5. The number of halogens is 1. The summed E-state index contributed by atoms with van der Waals surface area (Å²) in [6, 6.07) is 18.9. The molecule has 0 fully saturated rings. The molecule has 0 saturated heterocycles. The Bertz CT molecular complexity index is 1370. The highest BCUT2D eigenvalue weighted by Gasteiger charge is 2.22. The van der Waals surface area contributed by atoms with Crippen LogP contribution in [-0.2, 0) is 0 Å². The lowest BCUT2D eigenvalue weighted by Gasteiger charge is -2.15. The smallest absolute Gasteiger partial charge is 0.296 e. The fraction of sp³-hybridized carbons (Fsp3) is 0.120. The Morgan fingerprint density at radius 2 is 1.85 bits per heavy atom. The van der Waals surface area contributed by atoms with E-state index in [0.29, 0.717) is 45.1 Å². The Morgan fingerprint density at radius 3 is 2.55 bits per heavy atom. The van der Waals surface area contributed by atoms with Crippen molar-refractivity contribution in [2.24, 2.45) is 0 Å². The summed E-state index contributed by atoms with van der Waals surface area (Å²) in [6.45, 7) is 3.97. The number of hydrogen-bond donors (Lipinski definition) is 1. The predicted molar refractivity (Wildman–Crippen MR) is 129 cm³/mol. The zero-order valence-corrected chi connectivity index (χ0v) is 18.7. The molecular formula is C25H20ClN3O4. The maximum atomic E-state index is 13.5. The van der Waals surface area contributed by atoms with E-state index in [-0.39, 0.29) is 11.4 Å². The van der Waals surface area contributed by atoms with Gasteiger partial charge in [-0.15, -0.1) is 0 Å². The van der Waals surface area contributed by atoms with Gasteiger partial charge in [0.05, 0.1) is 34.4 Å². The minimum atomic E-state index is -0.547. The number of benzene rings is 3. The van der Waals surface area contributed by atoms with Crippen LogP contribution in [0.5, 0.6) is 5.75 Å². The molecule has 4 rings (SSSR count). The van der Waals surface area contributed by atoms with Gasteiger partial charge in [-0.3, -0.25) is 14.9 Å². The molecule has 0 unspecified atom stereocenters. The summed E-state index contributed by atoms with van der Waals surface area (Å²) < 4.78 is 5.36. The van der Waals surface area contributed by atoms with Gasteiger partial charge in [0.25, 0.3) is 11.6 Å². The maximum Gasteiger partial charge on any atom is 0.296 e. The SMILES string of the molecule is CCOc1ccc(NC(=O)c2c(C)c(-c3ccc(Cl)cc3)nc3ccccc23)c([N+](=O)[O-])c1. The van der Waals surface area contributed by atoms with E-state index in [1.807, 2.05) is 43.3 Å². The van der Waals surface area contributed by atoms with Gasteiger partial charge in [-0.2, -0.15) is 0 Å². The number of anilines is 1. The number of ether oxygens (including phenoxy) is 1. The van der Waals surface area contributed by atoms with Crippen LogP contribution in [0.1, 0.15) is 22.8 Å². The molecule has 3 aromatic carbocycles. The first-order valence-electron chi connectivity index (χ1n) is 10.3. The summed E-state index contributed by atoms with van der Waals surface area (Å²) >= 11 is 6.03. The van der Waals surface area contributed by atoms with Gasteiger partial charge in [0.2, 0.25) is 0 Å². The Kier molecular flexibility index (Phi) is 6.24. The molecule has 1 N–H and O–H groups in total. The fourth-order valence-electron chi connectivity index (χ4n) is 3.70. The zero-order valence-electron chi connectivity index (χ0n) is 18.0. The summed E-state index contributed by atoms with van der Waals surface area (Å²) in [4.78, 5) is 29.3. The molecule has 8 heteroatoms. The molecule has 7 nitrogen and oxygen atoms in total. The quantitative estimate of drug-likeness (QED) is 0.264. The minimum Gasteiger partial charge on any atom is -0.494 e. The minimum absolute atomic E-state index is 0.0850. The Hall–Kier alpha value is -3.97. The standard InChI is InChI=1S/C25H20ClN3O4/c1-3-33-18-12-13-21(22(14-18)29(31)32)28-25(30)23-15(2)24(16-8-10-17(26)11-9-16)27-20-7-5-4-6-19(20)23/h4-14H,3H2,1-2H3,(H,28,30). The van der Waals surface area contributed by atoms with E-state index in [2.05, 4.69) is 5.32 Å². The monoisotopic (exact) mass is 461 g/mol. The van der Waals surface area contributed by atoms with Crippen LogP contribution in [0.3, 0.4) is 0 Å². The van der Waals surface area contributed by atoms with Gasteiger partial charge in [-0.05, 0) is 49.7 Å².